The normalized spacial score (nSPS) is 15.9. The molecule has 1 amide bonds. The first-order valence-corrected chi connectivity index (χ1v) is 8.48. The molecule has 1 N–H and O–H groups in total. The number of pyridine rings is 1. The number of imidazole rings is 1. The van der Waals surface area contributed by atoms with Crippen molar-refractivity contribution in [3.8, 4) is 0 Å². The Morgan fingerprint density at radius 2 is 2.04 bits per heavy atom. The average Bonchev–Trinajstić information content (AvgIpc) is 3.04. The highest BCUT2D eigenvalue weighted by atomic mass is 16.2. The van der Waals surface area contributed by atoms with Crippen LogP contribution in [0, 0.1) is 6.92 Å². The van der Waals surface area contributed by atoms with Crippen LogP contribution in [0.1, 0.15) is 60.5 Å². The van der Waals surface area contributed by atoms with E-state index in [2.05, 4.69) is 28.4 Å². The van der Waals surface area contributed by atoms with Crippen molar-refractivity contribution < 1.29 is 4.79 Å². The Bertz CT molecular complexity index is 782. The van der Waals surface area contributed by atoms with Gasteiger partial charge in [0, 0.05) is 55.4 Å². The monoisotopic (exact) mass is 328 g/mol. The summed E-state index contributed by atoms with van der Waals surface area (Å²) in [5.74, 6) is 1.29. The Morgan fingerprint density at radius 1 is 1.33 bits per heavy atom. The van der Waals surface area contributed by atoms with Gasteiger partial charge in [-0.05, 0) is 33.6 Å². The molecule has 6 nitrogen and oxygen atoms in total. The van der Waals surface area contributed by atoms with Crippen molar-refractivity contribution in [1.82, 2.24) is 19.4 Å². The van der Waals surface area contributed by atoms with E-state index in [1.54, 1.807) is 11.8 Å². The molecule has 0 saturated carbocycles. The first-order chi connectivity index (χ1) is 11.5. The van der Waals surface area contributed by atoms with Crippen LogP contribution in [0.5, 0.6) is 0 Å². The Labute approximate surface area is 141 Å². The van der Waals surface area contributed by atoms with Gasteiger partial charge in [-0.3, -0.25) is 9.59 Å². The molecule has 0 unspecified atom stereocenters. The maximum Gasteiger partial charge on any atom is 0.259 e. The number of piperidine rings is 1. The minimum atomic E-state index is -0.214. The Hall–Kier alpha value is -2.37. The van der Waals surface area contributed by atoms with Crippen LogP contribution in [0.2, 0.25) is 0 Å². The fraction of sp³-hybridized carbons (Fsp3) is 0.500. The summed E-state index contributed by atoms with van der Waals surface area (Å²) in [5, 5.41) is 0. The molecule has 1 saturated heterocycles. The number of hydrogen-bond donors (Lipinski definition) is 1. The second-order valence-electron chi connectivity index (χ2n) is 6.75. The van der Waals surface area contributed by atoms with Crippen molar-refractivity contribution in [1.29, 1.82) is 0 Å². The van der Waals surface area contributed by atoms with E-state index in [1.165, 1.54) is 12.3 Å². The van der Waals surface area contributed by atoms with Gasteiger partial charge in [0.1, 0.15) is 11.4 Å². The number of likely N-dealkylation sites (tertiary alicyclic amines) is 1. The van der Waals surface area contributed by atoms with E-state index in [0.717, 1.165) is 24.4 Å². The van der Waals surface area contributed by atoms with Gasteiger partial charge >= 0.3 is 0 Å². The molecule has 0 aromatic carbocycles. The smallest absolute Gasteiger partial charge is 0.259 e. The highest BCUT2D eigenvalue weighted by Gasteiger charge is 2.28. The highest BCUT2D eigenvalue weighted by molar-refractivity contribution is 5.93. The van der Waals surface area contributed by atoms with Crippen molar-refractivity contribution in [3.63, 3.8) is 0 Å². The molecular formula is C18H24N4O2. The summed E-state index contributed by atoms with van der Waals surface area (Å²) in [7, 11) is 0. The van der Waals surface area contributed by atoms with Gasteiger partial charge in [-0.1, -0.05) is 0 Å². The van der Waals surface area contributed by atoms with Gasteiger partial charge in [-0.25, -0.2) is 4.98 Å². The number of rotatable bonds is 3. The molecule has 1 aliphatic heterocycles. The van der Waals surface area contributed by atoms with E-state index < -0.39 is 0 Å². The summed E-state index contributed by atoms with van der Waals surface area (Å²) in [6.45, 7) is 7.41. The lowest BCUT2D eigenvalue weighted by Gasteiger charge is -2.32. The standard InChI is InChI=1S/C18H24N4O2/c1-12(2)22-9-6-19-17(22)14-4-7-21(8-5-14)18(24)15-11-20-13(3)10-16(15)23/h6,9-12,14H,4-5,7-8H2,1-3H3,(H,20,23). The number of amides is 1. The molecule has 0 spiro atoms. The fourth-order valence-corrected chi connectivity index (χ4v) is 3.33. The minimum absolute atomic E-state index is 0.179. The maximum absolute atomic E-state index is 12.6. The number of carbonyl (C=O) groups excluding carboxylic acids is 1. The van der Waals surface area contributed by atoms with E-state index in [9.17, 15) is 9.59 Å². The Kier molecular flexibility index (Phi) is 4.55. The number of H-pyrrole nitrogens is 1. The quantitative estimate of drug-likeness (QED) is 0.941. The van der Waals surface area contributed by atoms with Crippen LogP contribution in [0.3, 0.4) is 0 Å². The number of aryl methyl sites for hydroxylation is 1. The average molecular weight is 328 g/mol. The van der Waals surface area contributed by atoms with Crippen LogP contribution in [0.25, 0.3) is 0 Å². The van der Waals surface area contributed by atoms with Gasteiger partial charge in [-0.2, -0.15) is 0 Å². The number of aromatic amines is 1. The third kappa shape index (κ3) is 3.13. The number of nitrogens with zero attached hydrogens (tertiary/aromatic N) is 3. The van der Waals surface area contributed by atoms with Crippen molar-refractivity contribution >= 4 is 5.91 Å². The molecule has 1 aliphatic rings. The van der Waals surface area contributed by atoms with Crippen LogP contribution < -0.4 is 5.43 Å². The lowest BCUT2D eigenvalue weighted by atomic mass is 9.95. The van der Waals surface area contributed by atoms with Gasteiger partial charge in [0.2, 0.25) is 0 Å². The summed E-state index contributed by atoms with van der Waals surface area (Å²) < 4.78 is 2.20. The molecule has 6 heteroatoms. The van der Waals surface area contributed by atoms with Crippen LogP contribution in [0.4, 0.5) is 0 Å². The van der Waals surface area contributed by atoms with Crippen molar-refractivity contribution in [2.45, 2.75) is 45.6 Å². The number of carbonyl (C=O) groups is 1. The van der Waals surface area contributed by atoms with E-state index in [-0.39, 0.29) is 16.9 Å². The zero-order chi connectivity index (χ0) is 17.3. The lowest BCUT2D eigenvalue weighted by Crippen LogP contribution is -2.40. The largest absolute Gasteiger partial charge is 0.364 e. The van der Waals surface area contributed by atoms with E-state index in [0.29, 0.717) is 25.0 Å². The molecule has 2 aromatic heterocycles. The van der Waals surface area contributed by atoms with Crippen molar-refractivity contribution in [2.75, 3.05) is 13.1 Å². The first-order valence-electron chi connectivity index (χ1n) is 8.48. The SMILES string of the molecule is Cc1cc(=O)c(C(=O)N2CCC(c3nccn3C(C)C)CC2)c[nH]1. The lowest BCUT2D eigenvalue weighted by molar-refractivity contribution is 0.0708. The molecule has 0 atom stereocenters. The Balaban J connectivity index is 1.69. The third-order valence-corrected chi connectivity index (χ3v) is 4.69. The van der Waals surface area contributed by atoms with Crippen molar-refractivity contribution in [3.05, 3.63) is 52.0 Å². The molecule has 3 rings (SSSR count). The summed E-state index contributed by atoms with van der Waals surface area (Å²) in [6.07, 6.45) is 7.14. The van der Waals surface area contributed by atoms with Crippen LogP contribution in [-0.2, 0) is 0 Å². The molecular weight excluding hydrogens is 304 g/mol. The first kappa shape index (κ1) is 16.5. The zero-order valence-electron chi connectivity index (χ0n) is 14.5. The highest BCUT2D eigenvalue weighted by Crippen LogP contribution is 2.28. The topological polar surface area (TPSA) is 71.0 Å². The van der Waals surface area contributed by atoms with Crippen LogP contribution in [0.15, 0.2) is 29.5 Å². The summed E-state index contributed by atoms with van der Waals surface area (Å²) >= 11 is 0. The predicted molar refractivity (Wildman–Crippen MR) is 92.3 cm³/mol. The van der Waals surface area contributed by atoms with Crippen LogP contribution >= 0.6 is 0 Å². The second kappa shape index (κ2) is 6.63. The van der Waals surface area contributed by atoms with Gasteiger partial charge < -0.3 is 14.5 Å². The maximum atomic E-state index is 12.6. The third-order valence-electron chi connectivity index (χ3n) is 4.69. The molecule has 1 fully saturated rings. The summed E-state index contributed by atoms with van der Waals surface area (Å²) in [4.78, 5) is 33.8. The van der Waals surface area contributed by atoms with Gasteiger partial charge in [0.25, 0.3) is 5.91 Å². The van der Waals surface area contributed by atoms with Gasteiger partial charge in [-0.15, -0.1) is 0 Å². The van der Waals surface area contributed by atoms with E-state index >= 15 is 0 Å². The predicted octanol–water partition coefficient (Wildman–Crippen LogP) is 2.48. The summed E-state index contributed by atoms with van der Waals surface area (Å²) in [5.41, 5.74) is 0.771. The molecule has 128 valence electrons. The number of aromatic nitrogens is 3. The molecule has 24 heavy (non-hydrogen) atoms. The van der Waals surface area contributed by atoms with E-state index in [1.807, 2.05) is 12.4 Å². The van der Waals surface area contributed by atoms with E-state index in [4.69, 9.17) is 0 Å². The zero-order valence-corrected chi connectivity index (χ0v) is 14.5. The number of nitrogens with one attached hydrogen (secondary N) is 1. The molecule has 0 radical (unpaired) electrons. The molecule has 0 bridgehead atoms. The fourth-order valence-electron chi connectivity index (χ4n) is 3.33. The molecule has 2 aromatic rings. The minimum Gasteiger partial charge on any atom is -0.364 e. The second-order valence-corrected chi connectivity index (χ2v) is 6.75. The van der Waals surface area contributed by atoms with Gasteiger partial charge in [0.05, 0.1) is 0 Å². The van der Waals surface area contributed by atoms with Crippen LogP contribution in [-0.4, -0.2) is 38.4 Å². The molecule has 3 heterocycles. The molecule has 0 aliphatic carbocycles. The Morgan fingerprint density at radius 3 is 2.67 bits per heavy atom. The van der Waals surface area contributed by atoms with Gasteiger partial charge in [0.15, 0.2) is 5.43 Å². The summed E-state index contributed by atoms with van der Waals surface area (Å²) in [6, 6.07) is 1.85. The number of hydrogen-bond acceptors (Lipinski definition) is 3. The van der Waals surface area contributed by atoms with Crippen molar-refractivity contribution in [2.24, 2.45) is 0 Å².